The van der Waals surface area contributed by atoms with Crippen LogP contribution in [0, 0.1) is 16.7 Å². The summed E-state index contributed by atoms with van der Waals surface area (Å²) < 4.78 is 37.0. The van der Waals surface area contributed by atoms with Crippen molar-refractivity contribution in [3.05, 3.63) is 35.3 Å². The van der Waals surface area contributed by atoms with Gasteiger partial charge in [0.25, 0.3) is 0 Å². The molecule has 0 spiro atoms. The van der Waals surface area contributed by atoms with Crippen LogP contribution >= 0.6 is 0 Å². The number of carbonyl (C=O) groups excluding carboxylic acids is 4. The molecule has 0 aromatic carbocycles. The van der Waals surface area contributed by atoms with Crippen LogP contribution in [0.1, 0.15) is 85.7 Å². The van der Waals surface area contributed by atoms with E-state index in [1.165, 1.54) is 32.2 Å². The van der Waals surface area contributed by atoms with Gasteiger partial charge in [0.05, 0.1) is 36.4 Å². The zero-order chi connectivity index (χ0) is 35.6. The molecule has 1 aliphatic heterocycles. The van der Waals surface area contributed by atoms with E-state index in [4.69, 9.17) is 27.8 Å². The van der Waals surface area contributed by atoms with Gasteiger partial charge in [-0.25, -0.2) is 4.79 Å². The van der Waals surface area contributed by atoms with Crippen LogP contribution in [-0.4, -0.2) is 90.6 Å². The third-order valence-electron chi connectivity index (χ3n) is 12.2. The lowest BCUT2D eigenvalue weighted by molar-refractivity contribution is -0.344. The van der Waals surface area contributed by atoms with Crippen molar-refractivity contribution >= 4 is 32.0 Å². The van der Waals surface area contributed by atoms with Gasteiger partial charge in [0.2, 0.25) is 5.76 Å². The first kappa shape index (κ1) is 36.4. The highest BCUT2D eigenvalue weighted by Crippen LogP contribution is 2.65. The lowest BCUT2D eigenvalue weighted by atomic mass is 9.44. The van der Waals surface area contributed by atoms with Gasteiger partial charge >= 0.3 is 17.9 Å². The van der Waals surface area contributed by atoms with Gasteiger partial charge in [0.15, 0.2) is 25.8 Å². The second-order valence-electron chi connectivity index (χ2n) is 14.7. The molecule has 5 rings (SSSR count). The largest absolute Gasteiger partial charge is 0.457 e. The van der Waals surface area contributed by atoms with Gasteiger partial charge in [-0.1, -0.05) is 34.6 Å². The average molecular weight is 691 g/mol. The second kappa shape index (κ2) is 12.5. The SMILES string of the molecule is CC[Si](CC)(CC)O[C@H]1C[C@H]2OC[C@@]2(OC(C)=O)[C@H]2[C@H](OC(=O)c3ccco3)[C@]3(O)C[C@H](O)C(C)=C([C@@H](OC(C)=O)C(=O)[C@]12C)C3(C)C. The summed E-state index contributed by atoms with van der Waals surface area (Å²) in [4.78, 5) is 55.1. The van der Waals surface area contributed by atoms with Gasteiger partial charge in [-0.3, -0.25) is 14.4 Å². The van der Waals surface area contributed by atoms with Crippen LogP contribution in [0.2, 0.25) is 18.1 Å². The Morgan fingerprint density at radius 1 is 1.04 bits per heavy atom. The van der Waals surface area contributed by atoms with Crippen molar-refractivity contribution in [3.8, 4) is 0 Å². The Hall–Kier alpha value is -2.84. The molecule has 3 aliphatic carbocycles. The van der Waals surface area contributed by atoms with Crippen LogP contribution in [0.25, 0.3) is 0 Å². The summed E-state index contributed by atoms with van der Waals surface area (Å²) >= 11 is 0. The summed E-state index contributed by atoms with van der Waals surface area (Å²) in [5.74, 6) is -4.29. The first-order valence-corrected chi connectivity index (χ1v) is 19.5. The number of hydrogen-bond donors (Lipinski definition) is 2. The Morgan fingerprint density at radius 3 is 2.19 bits per heavy atom. The molecule has 1 aromatic rings. The number of carbonyl (C=O) groups is 4. The third kappa shape index (κ3) is 5.23. The molecule has 0 radical (unpaired) electrons. The van der Waals surface area contributed by atoms with Gasteiger partial charge in [-0.05, 0) is 55.3 Å². The molecule has 4 aliphatic rings. The van der Waals surface area contributed by atoms with Gasteiger partial charge in [0.1, 0.15) is 17.8 Å². The molecular weight excluding hydrogens is 640 g/mol. The number of fused-ring (bicyclic) bond motifs is 5. The zero-order valence-corrected chi connectivity index (χ0v) is 30.4. The van der Waals surface area contributed by atoms with E-state index in [1.54, 1.807) is 27.7 Å². The van der Waals surface area contributed by atoms with E-state index in [0.717, 1.165) is 18.1 Å². The van der Waals surface area contributed by atoms with Crippen molar-refractivity contribution in [2.24, 2.45) is 16.7 Å². The maximum Gasteiger partial charge on any atom is 0.374 e. The molecule has 2 saturated carbocycles. The second-order valence-corrected chi connectivity index (χ2v) is 19.4. The van der Waals surface area contributed by atoms with Crippen LogP contribution < -0.4 is 0 Å². The fourth-order valence-electron chi connectivity index (χ4n) is 9.17. The molecule has 2 bridgehead atoms. The number of furan rings is 1. The predicted molar refractivity (Wildman–Crippen MR) is 173 cm³/mol. The minimum absolute atomic E-state index is 0.145. The van der Waals surface area contributed by atoms with E-state index < -0.39 is 90.5 Å². The molecule has 3 fully saturated rings. The smallest absolute Gasteiger partial charge is 0.374 e. The maximum atomic E-state index is 15.6. The van der Waals surface area contributed by atoms with Crippen molar-refractivity contribution in [2.45, 2.75) is 135 Å². The monoisotopic (exact) mass is 690 g/mol. The molecular formula is C35H50O12Si. The van der Waals surface area contributed by atoms with E-state index in [1.807, 2.05) is 0 Å². The number of ether oxygens (including phenoxy) is 4. The Balaban J connectivity index is 1.88. The minimum atomic E-state index is -2.48. The Labute approximate surface area is 282 Å². The highest BCUT2D eigenvalue weighted by Gasteiger charge is 2.78. The van der Waals surface area contributed by atoms with Crippen molar-refractivity contribution < 1.29 is 57.2 Å². The Kier molecular flexibility index (Phi) is 9.48. The van der Waals surface area contributed by atoms with Gasteiger partial charge < -0.3 is 38.0 Å². The van der Waals surface area contributed by atoms with E-state index in [-0.39, 0.29) is 30.8 Å². The quantitative estimate of drug-likeness (QED) is 0.164. The number of aliphatic hydroxyl groups excluding tert-OH is 1. The molecule has 48 heavy (non-hydrogen) atoms. The van der Waals surface area contributed by atoms with Gasteiger partial charge in [0, 0.05) is 32.1 Å². The number of rotatable bonds is 9. The molecule has 0 unspecified atom stereocenters. The molecule has 9 atom stereocenters. The maximum absolute atomic E-state index is 15.6. The van der Waals surface area contributed by atoms with Crippen LogP contribution in [0.4, 0.5) is 0 Å². The predicted octanol–water partition coefficient (Wildman–Crippen LogP) is 4.28. The van der Waals surface area contributed by atoms with Crippen molar-refractivity contribution in [3.63, 3.8) is 0 Å². The molecule has 1 saturated heterocycles. The van der Waals surface area contributed by atoms with Crippen LogP contribution in [0.3, 0.4) is 0 Å². The number of hydrogen-bond acceptors (Lipinski definition) is 12. The molecule has 2 N–H and O–H groups in total. The summed E-state index contributed by atoms with van der Waals surface area (Å²) in [5, 5.41) is 24.7. The fourth-order valence-corrected chi connectivity index (χ4v) is 12.1. The van der Waals surface area contributed by atoms with E-state index >= 15 is 4.79 Å². The molecule has 12 nitrogen and oxygen atoms in total. The van der Waals surface area contributed by atoms with Crippen LogP contribution in [-0.2, 0) is 37.8 Å². The Bertz CT molecular complexity index is 1470. The van der Waals surface area contributed by atoms with E-state index in [0.29, 0.717) is 5.57 Å². The summed E-state index contributed by atoms with van der Waals surface area (Å²) in [7, 11) is -2.48. The first-order chi connectivity index (χ1) is 22.4. The van der Waals surface area contributed by atoms with Crippen molar-refractivity contribution in [1.82, 2.24) is 0 Å². The van der Waals surface area contributed by atoms with E-state index in [2.05, 4.69) is 20.8 Å². The third-order valence-corrected chi connectivity index (χ3v) is 16.9. The minimum Gasteiger partial charge on any atom is -0.457 e. The lowest BCUT2D eigenvalue weighted by Gasteiger charge is -2.68. The molecule has 13 heteroatoms. The number of esters is 3. The number of aliphatic hydroxyl groups is 2. The molecule has 1 aromatic heterocycles. The lowest BCUT2D eigenvalue weighted by Crippen LogP contribution is -2.82. The normalized spacial score (nSPS) is 37.3. The number of Topliss-reactive ketones (excluding diaryl/α,β-unsaturated/α-hetero) is 1. The van der Waals surface area contributed by atoms with Gasteiger partial charge in [-0.15, -0.1) is 0 Å². The summed E-state index contributed by atoms with van der Waals surface area (Å²) in [6.07, 6.45) is -4.88. The summed E-state index contributed by atoms with van der Waals surface area (Å²) in [6.45, 7) is 15.1. The highest BCUT2D eigenvalue weighted by molar-refractivity contribution is 6.73. The topological polar surface area (TPSA) is 168 Å². The average Bonchev–Trinajstić information content (AvgIpc) is 3.56. The first-order valence-electron chi connectivity index (χ1n) is 17.0. The van der Waals surface area contributed by atoms with Crippen molar-refractivity contribution in [2.75, 3.05) is 6.61 Å². The van der Waals surface area contributed by atoms with Crippen LogP contribution in [0.15, 0.2) is 34.0 Å². The molecule has 0 amide bonds. The highest BCUT2D eigenvalue weighted by atomic mass is 28.4. The Morgan fingerprint density at radius 2 is 1.69 bits per heavy atom. The van der Waals surface area contributed by atoms with Crippen molar-refractivity contribution in [1.29, 1.82) is 0 Å². The fraction of sp³-hybridized carbons (Fsp3) is 0.714. The van der Waals surface area contributed by atoms with Gasteiger partial charge in [-0.2, -0.15) is 0 Å². The van der Waals surface area contributed by atoms with Crippen LogP contribution in [0.5, 0.6) is 0 Å². The molecule has 266 valence electrons. The summed E-state index contributed by atoms with van der Waals surface area (Å²) in [6, 6.07) is 5.20. The molecule has 2 heterocycles. The standard InChI is InChI=1S/C35H50O12Si/c1-10-48(11-2,12-3)47-24-16-25-34(18-43-25,46-21(6)37)28-30(45-31(40)23-14-13-15-42-23)35(41)17-22(38)19(4)26(32(35,7)8)27(44-20(5)36)29(39)33(24,28)9/h13-15,22,24-25,27-28,30,38,41H,10-12,16-18H2,1-9H3/t22-,24-,25+,27+,28-,30-,33+,34-,35+/m0/s1. The van der Waals surface area contributed by atoms with E-state index in [9.17, 15) is 24.6 Å². The zero-order valence-electron chi connectivity index (χ0n) is 29.4. The summed E-state index contributed by atoms with van der Waals surface area (Å²) in [5.41, 5.74) is -6.17. The number of ketones is 1.